The fourth-order valence-electron chi connectivity index (χ4n) is 8.35. The largest absolute Gasteiger partial charge is 0.507 e. The van der Waals surface area contributed by atoms with Gasteiger partial charge < -0.3 is 89.3 Å². The number of benzene rings is 5. The lowest BCUT2D eigenvalue weighted by Crippen LogP contribution is -2.60. The Kier molecular flexibility index (Phi) is 12.2. The molecule has 7 atom stereocenters. The maximum atomic E-state index is 14.0. The monoisotopic (exact) mass is 951 g/mol. The summed E-state index contributed by atoms with van der Waals surface area (Å²) in [5.41, 5.74) is 1.21. The highest BCUT2D eigenvalue weighted by atomic mass is 16.7. The van der Waals surface area contributed by atoms with E-state index in [0.717, 1.165) is 12.1 Å². The SMILES string of the molecule is COc1cc(C2=C(OC(=O)/C=C/c3ccc(O[C@@H]4O[C@H](CO)[C@@H](O)[C@H](O)[C@H]4O)cc3)c3cc(-c4c(O)cc(O)c5c4OC(c4ccc(O)c(O)c4)C(O)C5)cc4cc(O)[o+]c(c34)O2)cc(OC)c1O. The van der Waals surface area contributed by atoms with Crippen LogP contribution < -0.4 is 23.7 Å². The van der Waals surface area contributed by atoms with E-state index in [-0.39, 0.29) is 96.8 Å². The van der Waals surface area contributed by atoms with Gasteiger partial charge in [-0.1, -0.05) is 18.2 Å². The molecule has 2 unspecified atom stereocenters. The number of rotatable bonds is 11. The van der Waals surface area contributed by atoms with Crippen LogP contribution in [0.25, 0.3) is 39.5 Å². The van der Waals surface area contributed by atoms with Crippen molar-refractivity contribution in [3.05, 3.63) is 113 Å². The van der Waals surface area contributed by atoms with Gasteiger partial charge in [0.1, 0.15) is 58.9 Å². The van der Waals surface area contributed by atoms with Crippen LogP contribution in [0.1, 0.15) is 33.9 Å². The maximum absolute atomic E-state index is 14.0. The lowest BCUT2D eigenvalue weighted by Gasteiger charge is -2.39. The summed E-state index contributed by atoms with van der Waals surface area (Å²) in [6.07, 6.45) is -7.61. The minimum absolute atomic E-state index is 0.00626. The zero-order valence-corrected chi connectivity index (χ0v) is 36.2. The molecule has 0 aliphatic carbocycles. The Labute approximate surface area is 389 Å². The standard InChI is InChI=1S/C49H42O20/c1-62-33-14-24(15-34(63-2)40(33)58)45-47(66-36(56)10-5-20-3-7-25(8-4-20)64-49-43(61)42(60)41(59)35(19-50)65-49)27-12-22(11-23-16-37(57)67-48(69-45)38(23)27)39-31(54)18-29(52)26-17-32(55)44(68-46(26)39)21-6-9-28(51)30(53)13-21/h3-16,18,32,35,41-44,49-50,55,59-61H,17,19H2,1-2H3,(H5-,51,52,53,54,57,58)/p+1/b10-5+/t32?,35-,41-,42+,43-,44?,49-/m1/s1. The number of aromatic hydroxyl groups is 6. The molecule has 9 rings (SSSR count). The number of carbonyl (C=O) groups is 1. The quantitative estimate of drug-likeness (QED) is 0.0373. The normalized spacial score (nSPS) is 21.9. The molecule has 0 spiro atoms. The van der Waals surface area contributed by atoms with E-state index in [0.29, 0.717) is 5.56 Å². The topological polar surface area (TPSA) is 316 Å². The van der Waals surface area contributed by atoms with Crippen molar-refractivity contribution in [2.75, 3.05) is 20.8 Å². The summed E-state index contributed by atoms with van der Waals surface area (Å²) in [6.45, 7) is -0.643. The van der Waals surface area contributed by atoms with E-state index in [2.05, 4.69) is 0 Å². The first kappa shape index (κ1) is 46.1. The second-order valence-corrected chi connectivity index (χ2v) is 16.1. The Morgan fingerprint density at radius 1 is 0.783 bits per heavy atom. The van der Waals surface area contributed by atoms with Gasteiger partial charge >= 0.3 is 17.9 Å². The van der Waals surface area contributed by atoms with Gasteiger partial charge in [-0.05, 0) is 71.3 Å². The highest BCUT2D eigenvalue weighted by molar-refractivity contribution is 6.08. The molecule has 1 saturated heterocycles. The third-order valence-corrected chi connectivity index (χ3v) is 11.8. The lowest BCUT2D eigenvalue weighted by atomic mass is 9.88. The molecular weight excluding hydrogens is 909 g/mol. The second-order valence-electron chi connectivity index (χ2n) is 16.1. The van der Waals surface area contributed by atoms with E-state index in [1.807, 2.05) is 0 Å². The van der Waals surface area contributed by atoms with Crippen LogP contribution in [0.2, 0.25) is 0 Å². The Balaban J connectivity index is 1.13. The molecule has 5 aromatic carbocycles. The van der Waals surface area contributed by atoms with Crippen LogP contribution in [0.4, 0.5) is 0 Å². The van der Waals surface area contributed by atoms with Crippen molar-refractivity contribution < 1.29 is 98.5 Å². The van der Waals surface area contributed by atoms with Crippen LogP contribution in [0.15, 0.2) is 89.4 Å². The smallest absolute Gasteiger partial charge is 0.460 e. The Bertz CT molecular complexity index is 3030. The Morgan fingerprint density at radius 3 is 2.19 bits per heavy atom. The van der Waals surface area contributed by atoms with Crippen molar-refractivity contribution in [2.45, 2.75) is 49.3 Å². The van der Waals surface area contributed by atoms with Crippen molar-refractivity contribution in [1.82, 2.24) is 0 Å². The predicted molar refractivity (Wildman–Crippen MR) is 239 cm³/mol. The molecule has 11 N–H and O–H groups in total. The van der Waals surface area contributed by atoms with Crippen molar-refractivity contribution >= 4 is 34.3 Å². The number of carbonyl (C=O) groups excluding carboxylic acids is 1. The number of methoxy groups -OCH3 is 2. The molecule has 3 aliphatic heterocycles. The Morgan fingerprint density at radius 2 is 1.51 bits per heavy atom. The molecule has 0 amide bonds. The maximum Gasteiger partial charge on any atom is 0.460 e. The predicted octanol–water partition coefficient (Wildman–Crippen LogP) is 4.32. The van der Waals surface area contributed by atoms with Gasteiger partial charge in [-0.25, -0.2) is 4.79 Å². The number of fused-ring (bicyclic) bond motifs is 1. The molecule has 1 fully saturated rings. The second kappa shape index (κ2) is 18.3. The van der Waals surface area contributed by atoms with Crippen molar-refractivity contribution in [3.8, 4) is 74.8 Å². The Hall–Kier alpha value is -7.98. The molecule has 0 bridgehead atoms. The molecule has 3 aliphatic rings. The minimum atomic E-state index is -1.65. The van der Waals surface area contributed by atoms with Crippen LogP contribution in [0, 0.1) is 0 Å². The number of esters is 1. The van der Waals surface area contributed by atoms with Gasteiger partial charge in [-0.3, -0.25) is 4.42 Å². The number of hydrogen-bond donors (Lipinski definition) is 11. The van der Waals surface area contributed by atoms with Crippen molar-refractivity contribution in [3.63, 3.8) is 0 Å². The molecular formula is C49H43O20+. The number of phenolic OH excluding ortho intramolecular Hbond substituents is 5. The van der Waals surface area contributed by atoms with Gasteiger partial charge in [-0.2, -0.15) is 0 Å². The fourth-order valence-corrected chi connectivity index (χ4v) is 8.35. The van der Waals surface area contributed by atoms with E-state index in [1.165, 1.54) is 81.0 Å². The van der Waals surface area contributed by atoms with Crippen molar-refractivity contribution in [2.24, 2.45) is 0 Å². The van der Waals surface area contributed by atoms with E-state index >= 15 is 0 Å². The van der Waals surface area contributed by atoms with Gasteiger partial charge in [0.05, 0.1) is 38.6 Å². The van der Waals surface area contributed by atoms with E-state index in [4.69, 9.17) is 37.6 Å². The van der Waals surface area contributed by atoms with Gasteiger partial charge in [0.2, 0.25) is 17.8 Å². The molecule has 69 heavy (non-hydrogen) atoms. The van der Waals surface area contributed by atoms with Gasteiger partial charge in [0.15, 0.2) is 23.0 Å². The third kappa shape index (κ3) is 8.52. The first-order valence-electron chi connectivity index (χ1n) is 21.0. The van der Waals surface area contributed by atoms with Crippen LogP contribution >= 0.6 is 0 Å². The first-order chi connectivity index (χ1) is 33.1. The van der Waals surface area contributed by atoms with Crippen LogP contribution in [0.5, 0.6) is 63.6 Å². The zero-order chi connectivity index (χ0) is 49.0. The summed E-state index contributed by atoms with van der Waals surface area (Å²) in [5.74, 6) is -4.46. The number of ether oxygens (including phenoxy) is 7. The van der Waals surface area contributed by atoms with E-state index in [1.54, 1.807) is 12.1 Å². The third-order valence-electron chi connectivity index (χ3n) is 11.8. The lowest BCUT2D eigenvalue weighted by molar-refractivity contribution is -0.277. The summed E-state index contributed by atoms with van der Waals surface area (Å²) in [7, 11) is 2.59. The zero-order valence-electron chi connectivity index (χ0n) is 36.2. The molecule has 20 nitrogen and oxygen atoms in total. The molecule has 358 valence electrons. The summed E-state index contributed by atoms with van der Waals surface area (Å²) in [5, 5.41) is 116. The number of aliphatic hydroxyl groups is 5. The van der Waals surface area contributed by atoms with Crippen molar-refractivity contribution in [1.29, 1.82) is 0 Å². The van der Waals surface area contributed by atoms with Gasteiger partial charge in [0, 0.05) is 40.6 Å². The van der Waals surface area contributed by atoms with E-state index < -0.39 is 84.4 Å². The number of aliphatic hydroxyl groups excluding tert-OH is 5. The average molecular weight is 952 g/mol. The average Bonchev–Trinajstić information content (AvgIpc) is 3.33. The van der Waals surface area contributed by atoms with E-state index in [9.17, 15) is 61.0 Å². The molecule has 4 heterocycles. The number of phenols is 5. The highest BCUT2D eigenvalue weighted by Crippen LogP contribution is 2.54. The molecule has 0 radical (unpaired) electrons. The summed E-state index contributed by atoms with van der Waals surface area (Å²) in [6, 6.07) is 18.0. The summed E-state index contributed by atoms with van der Waals surface area (Å²) < 4.78 is 46.3. The van der Waals surface area contributed by atoms with Gasteiger partial charge in [-0.15, -0.1) is 0 Å². The minimum Gasteiger partial charge on any atom is -0.507 e. The number of hydrogen-bond acceptors (Lipinski definition) is 19. The molecule has 6 aromatic rings. The summed E-state index contributed by atoms with van der Waals surface area (Å²) >= 11 is 0. The highest BCUT2D eigenvalue weighted by Gasteiger charge is 2.45. The molecule has 20 heteroatoms. The van der Waals surface area contributed by atoms with Crippen LogP contribution in [-0.4, -0.2) is 120 Å². The summed E-state index contributed by atoms with van der Waals surface area (Å²) in [4.78, 5) is 14.0. The van der Waals surface area contributed by atoms with Gasteiger partial charge in [0.25, 0.3) is 5.76 Å². The first-order valence-corrected chi connectivity index (χ1v) is 21.0. The van der Waals surface area contributed by atoms with Crippen LogP contribution in [-0.2, 0) is 20.7 Å². The molecule has 0 saturated carbocycles. The molecule has 1 aromatic heterocycles. The fraction of sp³-hybridized carbons (Fsp3) is 0.224. The van der Waals surface area contributed by atoms with Crippen LogP contribution in [0.3, 0.4) is 0 Å².